The van der Waals surface area contributed by atoms with E-state index in [-0.39, 0.29) is 48.4 Å². The van der Waals surface area contributed by atoms with Crippen LogP contribution in [-0.2, 0) is 83.3 Å². The highest BCUT2D eigenvalue weighted by molar-refractivity contribution is 5.49. The van der Waals surface area contributed by atoms with Crippen LogP contribution in [0.15, 0.2) is 85.5 Å². The number of aromatic nitrogens is 2. The van der Waals surface area contributed by atoms with Crippen LogP contribution in [0.25, 0.3) is 0 Å². The zero-order valence-corrected chi connectivity index (χ0v) is 34.6. The van der Waals surface area contributed by atoms with Gasteiger partial charge in [0.1, 0.15) is 30.5 Å². The lowest BCUT2D eigenvalue weighted by molar-refractivity contribution is 0.0904. The number of phenols is 1. The number of nitrogens with zero attached hydrogens (tertiary/aromatic N) is 2. The van der Waals surface area contributed by atoms with Crippen molar-refractivity contribution in [3.8, 4) is 17.2 Å². The van der Waals surface area contributed by atoms with Crippen LogP contribution in [0, 0.1) is 0 Å². The molecule has 2 aromatic heterocycles. The Hall–Kier alpha value is -4.76. The molecule has 0 saturated heterocycles. The second kappa shape index (κ2) is 17.2. The molecule has 1 N–H and O–H groups in total. The topological polar surface area (TPSA) is 92.2 Å². The van der Waals surface area contributed by atoms with Crippen LogP contribution in [0.1, 0.15) is 124 Å². The van der Waals surface area contributed by atoms with E-state index in [2.05, 4.69) is 96.5 Å². The van der Waals surface area contributed by atoms with Gasteiger partial charge in [0.25, 0.3) is 0 Å². The van der Waals surface area contributed by atoms with Gasteiger partial charge in [0.2, 0.25) is 0 Å². The summed E-state index contributed by atoms with van der Waals surface area (Å²) in [5, 5.41) is 11.7. The average Bonchev–Trinajstić information content (AvgIpc) is 3.14. The fourth-order valence-electron chi connectivity index (χ4n) is 6.67. The minimum absolute atomic E-state index is 0.151. The molecule has 0 saturated carbocycles. The van der Waals surface area contributed by atoms with E-state index < -0.39 is 0 Å². The molecule has 8 heteroatoms. The fourth-order valence-corrected chi connectivity index (χ4v) is 6.67. The monoisotopic (exact) mass is 758 g/mol. The molecule has 0 fully saturated rings. The maximum absolute atomic E-state index is 11.7. The van der Waals surface area contributed by atoms with Gasteiger partial charge in [0, 0.05) is 58.2 Å². The highest BCUT2D eigenvalue weighted by atomic mass is 16.5. The highest BCUT2D eigenvalue weighted by Gasteiger charge is 2.25. The van der Waals surface area contributed by atoms with Crippen molar-refractivity contribution in [1.29, 1.82) is 0 Å². The van der Waals surface area contributed by atoms with E-state index in [1.165, 1.54) is 0 Å². The lowest BCUT2D eigenvalue weighted by Gasteiger charge is -2.26. The van der Waals surface area contributed by atoms with Crippen LogP contribution in [0.2, 0.25) is 0 Å². The Morgan fingerprint density at radius 1 is 0.464 bits per heavy atom. The van der Waals surface area contributed by atoms with Gasteiger partial charge in [0.15, 0.2) is 0 Å². The molecule has 5 aromatic rings. The third-order valence-electron chi connectivity index (χ3n) is 10.2. The van der Waals surface area contributed by atoms with Crippen molar-refractivity contribution < 1.29 is 28.8 Å². The molecule has 0 atom stereocenters. The van der Waals surface area contributed by atoms with Gasteiger partial charge in [-0.3, -0.25) is 9.97 Å². The van der Waals surface area contributed by atoms with Gasteiger partial charge in [-0.05, 0) is 105 Å². The van der Waals surface area contributed by atoms with E-state index in [0.29, 0.717) is 37.6 Å². The minimum atomic E-state index is -0.165. The first kappa shape index (κ1) is 40.9. The van der Waals surface area contributed by atoms with E-state index >= 15 is 0 Å². The summed E-state index contributed by atoms with van der Waals surface area (Å²) >= 11 is 0. The van der Waals surface area contributed by atoms with Gasteiger partial charge in [-0.2, -0.15) is 0 Å². The summed E-state index contributed by atoms with van der Waals surface area (Å²) in [6, 6.07) is 20.7. The molecule has 6 rings (SSSR count). The number of rotatable bonds is 6. The lowest BCUT2D eigenvalue weighted by atomic mass is 9.84. The van der Waals surface area contributed by atoms with Gasteiger partial charge in [-0.25, -0.2) is 0 Å². The van der Waals surface area contributed by atoms with Gasteiger partial charge in [-0.1, -0.05) is 62.3 Å². The molecule has 0 radical (unpaired) electrons. The molecule has 1 aliphatic heterocycles. The Kier molecular flexibility index (Phi) is 12.5. The van der Waals surface area contributed by atoms with Crippen LogP contribution in [0.3, 0.4) is 0 Å². The molecule has 0 amide bonds. The van der Waals surface area contributed by atoms with Gasteiger partial charge < -0.3 is 28.8 Å². The maximum Gasteiger partial charge on any atom is 0.130 e. The van der Waals surface area contributed by atoms with E-state index in [1.807, 2.05) is 36.4 Å². The summed E-state index contributed by atoms with van der Waals surface area (Å²) in [6.07, 6.45) is 7.10. The van der Waals surface area contributed by atoms with E-state index in [4.69, 9.17) is 23.7 Å². The fraction of sp³-hybridized carbons (Fsp3) is 0.417. The third kappa shape index (κ3) is 10.3. The predicted molar refractivity (Wildman–Crippen MR) is 220 cm³/mol. The van der Waals surface area contributed by atoms with E-state index in [1.54, 1.807) is 24.8 Å². The molecule has 0 unspecified atom stereocenters. The van der Waals surface area contributed by atoms with Crippen LogP contribution < -0.4 is 9.47 Å². The molecule has 6 bridgehead atoms. The van der Waals surface area contributed by atoms with Crippen molar-refractivity contribution in [2.75, 3.05) is 0 Å². The van der Waals surface area contributed by atoms with Crippen molar-refractivity contribution in [2.24, 2.45) is 0 Å². The Morgan fingerprint density at radius 2 is 0.732 bits per heavy atom. The predicted octanol–water partition coefficient (Wildman–Crippen LogP) is 10.7. The number of aromatic hydroxyl groups is 1. The van der Waals surface area contributed by atoms with Crippen molar-refractivity contribution in [1.82, 2.24) is 9.97 Å². The van der Waals surface area contributed by atoms with Crippen LogP contribution in [0.5, 0.6) is 17.2 Å². The minimum Gasteiger partial charge on any atom is -0.507 e. The Balaban J connectivity index is 1.49. The summed E-state index contributed by atoms with van der Waals surface area (Å²) in [5.41, 5.74) is 10.1. The Morgan fingerprint density at radius 3 is 1.02 bits per heavy atom. The van der Waals surface area contributed by atoms with Crippen molar-refractivity contribution in [3.05, 3.63) is 147 Å². The lowest BCUT2D eigenvalue weighted by Crippen LogP contribution is -2.16. The SMILES string of the molecule is CC(C)(C)c1cc2c(O)c(c1)COCc1cc(C(C)(C)C)cc(c1OCc1ccncc1)COCc1cc(C(C)(C)C)cc(c1OCc1ccncc1)COC2. The highest BCUT2D eigenvalue weighted by Crippen LogP contribution is 2.38. The Labute approximate surface area is 333 Å². The first-order valence-electron chi connectivity index (χ1n) is 19.5. The molecule has 1 aliphatic rings. The zero-order valence-electron chi connectivity index (χ0n) is 34.6. The largest absolute Gasteiger partial charge is 0.507 e. The smallest absolute Gasteiger partial charge is 0.130 e. The number of pyridine rings is 2. The molecule has 0 aliphatic carbocycles. The summed E-state index contributed by atoms with van der Waals surface area (Å²) in [4.78, 5) is 8.37. The maximum atomic E-state index is 11.7. The third-order valence-corrected chi connectivity index (χ3v) is 10.2. The molecular formula is C48H58N2O6. The standard InChI is InChI=1S/C48H58N2O6/c1-46(2,3)40-18-34-26-52-28-36-20-41(47(4,5)6)22-38(44(36)55-24-32-10-14-49-15-11-32)30-54-31-39-23-42(48(7,8)9)21-37(29-53-27-35(19-40)43(34)51)45(39)56-25-33-12-16-50-17-13-33/h10-23,51H,24-31H2,1-9H3. The number of ether oxygens (including phenoxy) is 5. The average molecular weight is 759 g/mol. The van der Waals surface area contributed by atoms with E-state index in [0.717, 1.165) is 61.6 Å². The second-order valence-electron chi connectivity index (χ2n) is 17.9. The quantitative estimate of drug-likeness (QED) is 0.183. The normalized spacial score (nSPS) is 14.4. The van der Waals surface area contributed by atoms with Crippen molar-refractivity contribution in [3.63, 3.8) is 0 Å². The van der Waals surface area contributed by atoms with Crippen molar-refractivity contribution >= 4 is 0 Å². The van der Waals surface area contributed by atoms with Crippen LogP contribution in [0.4, 0.5) is 0 Å². The molecule has 56 heavy (non-hydrogen) atoms. The first-order valence-corrected chi connectivity index (χ1v) is 19.5. The molecule has 296 valence electrons. The van der Waals surface area contributed by atoms with Gasteiger partial charge in [-0.15, -0.1) is 0 Å². The van der Waals surface area contributed by atoms with Crippen molar-refractivity contribution in [2.45, 2.75) is 131 Å². The Bertz CT molecular complexity index is 1950. The number of phenolic OH excluding ortho intramolecular Hbond substituents is 1. The zero-order chi connectivity index (χ0) is 40.1. The second-order valence-corrected chi connectivity index (χ2v) is 17.9. The molecule has 3 aromatic carbocycles. The number of hydrogen-bond donors (Lipinski definition) is 1. The number of fused-ring (bicyclic) bond motifs is 6. The van der Waals surface area contributed by atoms with Crippen LogP contribution >= 0.6 is 0 Å². The molecule has 3 heterocycles. The number of hydrogen-bond acceptors (Lipinski definition) is 8. The summed E-state index contributed by atoms with van der Waals surface area (Å²) in [7, 11) is 0. The first-order chi connectivity index (χ1) is 26.6. The number of benzene rings is 3. The molecular weight excluding hydrogens is 701 g/mol. The van der Waals surface area contributed by atoms with Gasteiger partial charge >= 0.3 is 0 Å². The molecule has 8 nitrogen and oxygen atoms in total. The summed E-state index contributed by atoms with van der Waals surface area (Å²) in [5.74, 6) is 1.65. The summed E-state index contributed by atoms with van der Waals surface area (Å²) in [6.45, 7) is 22.1. The van der Waals surface area contributed by atoms with E-state index in [9.17, 15) is 5.11 Å². The summed E-state index contributed by atoms with van der Waals surface area (Å²) < 4.78 is 33.0. The molecule has 0 spiro atoms. The van der Waals surface area contributed by atoms with Gasteiger partial charge in [0.05, 0.1) is 39.6 Å². The van der Waals surface area contributed by atoms with Crippen LogP contribution in [-0.4, -0.2) is 15.1 Å².